The number of nitrogens with zero attached hydrogens (tertiary/aromatic N) is 4. The molecule has 4 aromatic rings. The Morgan fingerprint density at radius 3 is 2.19 bits per heavy atom. The topological polar surface area (TPSA) is 43.6 Å². The lowest BCUT2D eigenvalue weighted by atomic mass is 9.95. The molecule has 36 heavy (non-hydrogen) atoms. The van der Waals surface area contributed by atoms with Gasteiger partial charge in [-0.2, -0.15) is 26.3 Å². The Hall–Kier alpha value is -2.38. The molecule has 13 heteroatoms. The second-order valence-electron chi connectivity index (χ2n) is 8.34. The summed E-state index contributed by atoms with van der Waals surface area (Å²) in [6, 6.07) is 5.62. The van der Waals surface area contributed by atoms with Gasteiger partial charge in [0.15, 0.2) is 15.3 Å². The third-order valence-electron chi connectivity index (χ3n) is 5.89. The van der Waals surface area contributed by atoms with Gasteiger partial charge in [-0.1, -0.05) is 25.3 Å². The smallest absolute Gasteiger partial charge is 0.298 e. The van der Waals surface area contributed by atoms with Crippen molar-refractivity contribution in [3.05, 3.63) is 52.2 Å². The van der Waals surface area contributed by atoms with E-state index in [1.165, 1.54) is 23.6 Å². The largest absolute Gasteiger partial charge is 0.416 e. The summed E-state index contributed by atoms with van der Waals surface area (Å²) in [5.74, 6) is 0.754. The zero-order valence-corrected chi connectivity index (χ0v) is 20.9. The van der Waals surface area contributed by atoms with E-state index in [1.54, 1.807) is 11.3 Å². The molecule has 0 aliphatic heterocycles. The summed E-state index contributed by atoms with van der Waals surface area (Å²) < 4.78 is 82.2. The molecule has 4 nitrogen and oxygen atoms in total. The minimum Gasteiger partial charge on any atom is -0.298 e. The Bertz CT molecular complexity index is 1300. The number of alkyl halides is 6. The highest BCUT2D eigenvalue weighted by Gasteiger charge is 2.37. The molecule has 5 rings (SSSR count). The molecule has 1 fully saturated rings. The first-order chi connectivity index (χ1) is 17.1. The van der Waals surface area contributed by atoms with Crippen LogP contribution in [-0.4, -0.2) is 19.7 Å². The van der Waals surface area contributed by atoms with Crippen LogP contribution in [0.4, 0.5) is 26.3 Å². The van der Waals surface area contributed by atoms with Crippen molar-refractivity contribution in [3.63, 3.8) is 0 Å². The number of thiophene rings is 1. The molecule has 1 aromatic carbocycles. The fourth-order valence-corrected chi connectivity index (χ4v) is 6.74. The van der Waals surface area contributed by atoms with Crippen LogP contribution in [-0.2, 0) is 12.4 Å². The number of hydrogen-bond donors (Lipinski definition) is 0. The van der Waals surface area contributed by atoms with Gasteiger partial charge in [-0.05, 0) is 54.2 Å². The highest BCUT2D eigenvalue weighted by molar-refractivity contribution is 8.00. The van der Waals surface area contributed by atoms with Gasteiger partial charge < -0.3 is 0 Å². The molecular formula is C23H18F6N4S3. The Labute approximate surface area is 214 Å². The molecule has 0 saturated heterocycles. The van der Waals surface area contributed by atoms with Crippen molar-refractivity contribution >= 4 is 34.4 Å². The van der Waals surface area contributed by atoms with Crippen molar-refractivity contribution in [2.24, 2.45) is 0 Å². The van der Waals surface area contributed by atoms with E-state index in [0.29, 0.717) is 21.6 Å². The Morgan fingerprint density at radius 1 is 0.889 bits per heavy atom. The molecule has 1 saturated carbocycles. The summed E-state index contributed by atoms with van der Waals surface area (Å²) in [6.45, 7) is 0. The first-order valence-corrected chi connectivity index (χ1v) is 13.6. The highest BCUT2D eigenvalue weighted by Crippen LogP contribution is 2.42. The van der Waals surface area contributed by atoms with Gasteiger partial charge in [0, 0.05) is 17.0 Å². The summed E-state index contributed by atoms with van der Waals surface area (Å²) in [6.07, 6.45) is -4.52. The first-order valence-electron chi connectivity index (χ1n) is 11.0. The second-order valence-corrected chi connectivity index (χ2v) is 11.4. The fourth-order valence-electron chi connectivity index (χ4n) is 4.21. The van der Waals surface area contributed by atoms with E-state index >= 15 is 0 Å². The molecule has 0 spiro atoms. The average molecular weight is 561 g/mol. The van der Waals surface area contributed by atoms with Gasteiger partial charge in [0.05, 0.1) is 21.7 Å². The van der Waals surface area contributed by atoms with Gasteiger partial charge in [-0.15, -0.1) is 32.9 Å². The van der Waals surface area contributed by atoms with Crippen LogP contribution in [0.15, 0.2) is 50.6 Å². The predicted octanol–water partition coefficient (Wildman–Crippen LogP) is 8.82. The van der Waals surface area contributed by atoms with E-state index in [1.807, 2.05) is 17.5 Å². The zero-order chi connectivity index (χ0) is 25.5. The van der Waals surface area contributed by atoms with Crippen LogP contribution >= 0.6 is 34.4 Å². The molecule has 0 radical (unpaired) electrons. The molecule has 0 N–H and O–H groups in total. The van der Waals surface area contributed by atoms with Gasteiger partial charge in [-0.25, -0.2) is 4.98 Å². The molecular weight excluding hydrogens is 542 g/mol. The molecule has 0 amide bonds. The standard InChI is InChI=1S/C23H18F6N4S3/c24-22(25,26)14-9-13(10-15(11-14)23(27,28)29)17-12-35-21(30-17)36-20-32-31-19(18-7-4-8-34-18)33(20)16-5-2-1-3-6-16/h4,7-12,16H,1-3,5-6H2. The van der Waals surface area contributed by atoms with E-state index in [0.717, 1.165) is 47.7 Å². The third kappa shape index (κ3) is 5.32. The van der Waals surface area contributed by atoms with Crippen LogP contribution in [0, 0.1) is 0 Å². The Kier molecular flexibility index (Phi) is 6.90. The van der Waals surface area contributed by atoms with Crippen LogP contribution in [0.1, 0.15) is 49.3 Å². The fraction of sp³-hybridized carbons (Fsp3) is 0.348. The number of benzene rings is 1. The molecule has 190 valence electrons. The van der Waals surface area contributed by atoms with Crippen molar-refractivity contribution in [2.45, 2.75) is 60.0 Å². The summed E-state index contributed by atoms with van der Waals surface area (Å²) in [4.78, 5) is 5.32. The lowest BCUT2D eigenvalue weighted by molar-refractivity contribution is -0.143. The Balaban J connectivity index is 1.49. The van der Waals surface area contributed by atoms with E-state index in [-0.39, 0.29) is 23.4 Å². The molecule has 0 unspecified atom stereocenters. The number of halogens is 6. The van der Waals surface area contributed by atoms with Gasteiger partial charge in [0.2, 0.25) is 0 Å². The first kappa shape index (κ1) is 25.3. The SMILES string of the molecule is FC(F)(F)c1cc(-c2csc(Sc3nnc(-c4cccs4)n3C3CCCCC3)n2)cc(C(F)(F)F)c1. The summed E-state index contributed by atoms with van der Waals surface area (Å²) in [5, 5.41) is 12.8. The predicted molar refractivity (Wildman–Crippen MR) is 127 cm³/mol. The van der Waals surface area contributed by atoms with E-state index < -0.39 is 23.5 Å². The molecule has 0 bridgehead atoms. The minimum absolute atomic E-state index is 0.0429. The van der Waals surface area contributed by atoms with Gasteiger partial charge in [0.25, 0.3) is 0 Å². The van der Waals surface area contributed by atoms with Crippen LogP contribution in [0.3, 0.4) is 0 Å². The molecule has 3 aromatic heterocycles. The maximum Gasteiger partial charge on any atom is 0.416 e. The van der Waals surface area contributed by atoms with Gasteiger partial charge >= 0.3 is 12.4 Å². The molecule has 0 atom stereocenters. The van der Waals surface area contributed by atoms with E-state index in [2.05, 4.69) is 19.7 Å². The van der Waals surface area contributed by atoms with Crippen LogP contribution in [0.25, 0.3) is 22.0 Å². The minimum atomic E-state index is -4.92. The maximum atomic E-state index is 13.3. The Morgan fingerprint density at radius 2 is 1.58 bits per heavy atom. The average Bonchev–Trinajstić information content (AvgIpc) is 3.59. The molecule has 1 aliphatic carbocycles. The third-order valence-corrected chi connectivity index (χ3v) is 8.66. The van der Waals surface area contributed by atoms with Gasteiger partial charge in [0.1, 0.15) is 0 Å². The second kappa shape index (κ2) is 9.82. The molecule has 1 aliphatic rings. The summed E-state index contributed by atoms with van der Waals surface area (Å²) >= 11 is 3.91. The summed E-state index contributed by atoms with van der Waals surface area (Å²) in [5.41, 5.74) is -2.94. The van der Waals surface area contributed by atoms with Crippen molar-refractivity contribution < 1.29 is 26.3 Å². The number of thiazole rings is 1. The quantitative estimate of drug-likeness (QED) is 0.229. The van der Waals surface area contributed by atoms with Crippen LogP contribution in [0.5, 0.6) is 0 Å². The van der Waals surface area contributed by atoms with Gasteiger partial charge in [-0.3, -0.25) is 4.57 Å². The van der Waals surface area contributed by atoms with Crippen molar-refractivity contribution in [3.8, 4) is 22.0 Å². The zero-order valence-electron chi connectivity index (χ0n) is 18.4. The lowest BCUT2D eigenvalue weighted by Gasteiger charge is -2.25. The number of aromatic nitrogens is 4. The highest BCUT2D eigenvalue weighted by atomic mass is 32.2. The van der Waals surface area contributed by atoms with Crippen molar-refractivity contribution in [1.29, 1.82) is 0 Å². The maximum absolute atomic E-state index is 13.3. The van der Waals surface area contributed by atoms with Crippen LogP contribution < -0.4 is 0 Å². The number of hydrogen-bond acceptors (Lipinski definition) is 6. The van der Waals surface area contributed by atoms with Crippen molar-refractivity contribution in [1.82, 2.24) is 19.7 Å². The van der Waals surface area contributed by atoms with E-state index in [4.69, 9.17) is 0 Å². The number of rotatable bonds is 5. The van der Waals surface area contributed by atoms with E-state index in [9.17, 15) is 26.3 Å². The molecule has 3 heterocycles. The summed E-state index contributed by atoms with van der Waals surface area (Å²) in [7, 11) is 0. The normalized spacial score (nSPS) is 15.5. The monoisotopic (exact) mass is 560 g/mol. The van der Waals surface area contributed by atoms with Crippen LogP contribution in [0.2, 0.25) is 0 Å². The van der Waals surface area contributed by atoms with Crippen molar-refractivity contribution in [2.75, 3.05) is 0 Å². The lowest BCUT2D eigenvalue weighted by Crippen LogP contribution is -2.14.